The van der Waals surface area contributed by atoms with Crippen molar-refractivity contribution in [1.29, 1.82) is 0 Å². The smallest absolute Gasteiger partial charge is 1.00 e. The number of halogens is 1. The van der Waals surface area contributed by atoms with E-state index in [1.165, 1.54) is 5.56 Å². The predicted molar refractivity (Wildman–Crippen MR) is 66.5 cm³/mol. The second kappa shape index (κ2) is 8.56. The number of benzene rings is 2. The molecular weight excluding hydrogens is 288 g/mol. The average molecular weight is 301 g/mol. The summed E-state index contributed by atoms with van der Waals surface area (Å²) in [6.45, 7) is 2.62. The molecule has 1 nitrogen and oxygen atoms in total. The first-order chi connectivity index (χ1) is 7.36. The summed E-state index contributed by atoms with van der Waals surface area (Å²) in [6, 6.07) is 19.1. The summed E-state index contributed by atoms with van der Waals surface area (Å²) in [6.07, 6.45) is 0. The Labute approximate surface area is 129 Å². The van der Waals surface area contributed by atoms with Crippen LogP contribution in [-0.2, 0) is 6.61 Å². The van der Waals surface area contributed by atoms with Crippen molar-refractivity contribution < 1.29 is 21.7 Å². The Bertz CT molecular complexity index is 431. The number of para-hydroxylation sites is 1. The van der Waals surface area contributed by atoms with Crippen LogP contribution in [0.2, 0.25) is 0 Å². The van der Waals surface area contributed by atoms with Crippen LogP contribution in [0, 0.1) is 13.0 Å². The van der Waals surface area contributed by atoms with E-state index in [1.807, 2.05) is 43.3 Å². The van der Waals surface area contributed by atoms with Crippen LogP contribution in [0.3, 0.4) is 0 Å². The van der Waals surface area contributed by atoms with E-state index in [9.17, 15) is 0 Å². The Balaban J connectivity index is 0.00000128. The maximum absolute atomic E-state index is 5.67. The molecule has 0 N–H and O–H groups in total. The minimum atomic E-state index is 0. The minimum absolute atomic E-state index is 0. The number of aryl methyl sites for hydroxylation is 1. The van der Waals surface area contributed by atoms with E-state index in [-0.39, 0.29) is 40.0 Å². The first-order valence-corrected chi connectivity index (χ1v) is 5.00. The minimum Gasteiger partial charge on any atom is -1.00 e. The van der Waals surface area contributed by atoms with Crippen molar-refractivity contribution in [1.82, 2.24) is 0 Å². The SMILES string of the molecule is Cc1ccc[c-]c1OCc1ccccc1.[Br-].[Mg+2]. The van der Waals surface area contributed by atoms with Gasteiger partial charge in [0.1, 0.15) is 6.61 Å². The quantitative estimate of drug-likeness (QED) is 0.573. The van der Waals surface area contributed by atoms with Gasteiger partial charge in [-0.2, -0.15) is 18.2 Å². The monoisotopic (exact) mass is 300 g/mol. The summed E-state index contributed by atoms with van der Waals surface area (Å²) in [5, 5.41) is 0. The van der Waals surface area contributed by atoms with E-state index in [4.69, 9.17) is 4.74 Å². The zero-order chi connectivity index (χ0) is 10.5. The fraction of sp³-hybridized carbons (Fsp3) is 0.143. The molecule has 0 saturated carbocycles. The van der Waals surface area contributed by atoms with E-state index in [0.29, 0.717) is 6.61 Å². The van der Waals surface area contributed by atoms with Gasteiger partial charge >= 0.3 is 23.1 Å². The summed E-state index contributed by atoms with van der Waals surface area (Å²) in [5.41, 5.74) is 2.29. The van der Waals surface area contributed by atoms with Gasteiger partial charge in [-0.1, -0.05) is 37.3 Å². The normalized spacial score (nSPS) is 8.76. The maximum Gasteiger partial charge on any atom is 2.00 e. The molecule has 0 aliphatic heterocycles. The Kier molecular flexibility index (Phi) is 8.30. The molecule has 2 aromatic rings. The van der Waals surface area contributed by atoms with Crippen LogP contribution >= 0.6 is 0 Å². The van der Waals surface area contributed by atoms with Crippen LogP contribution in [0.5, 0.6) is 5.75 Å². The number of hydrogen-bond donors (Lipinski definition) is 0. The van der Waals surface area contributed by atoms with Crippen LogP contribution in [0.4, 0.5) is 0 Å². The molecule has 0 atom stereocenters. The number of ether oxygens (including phenoxy) is 1. The van der Waals surface area contributed by atoms with Gasteiger partial charge in [-0.05, 0) is 5.56 Å². The molecule has 0 radical (unpaired) electrons. The molecule has 0 aromatic heterocycles. The second-order valence-corrected chi connectivity index (χ2v) is 3.46. The molecule has 0 fully saturated rings. The standard InChI is InChI=1S/C14H13O.BrH.Mg/c1-12-7-5-6-10-14(12)15-11-13-8-3-2-4-9-13;;/h2-9H,11H2,1H3;1H;/q-1;;+2/p-1. The third kappa shape index (κ3) is 5.11. The van der Waals surface area contributed by atoms with Gasteiger partial charge in [0.25, 0.3) is 0 Å². The molecule has 84 valence electrons. The maximum atomic E-state index is 5.67. The van der Waals surface area contributed by atoms with E-state index in [1.54, 1.807) is 0 Å². The molecule has 0 aliphatic rings. The van der Waals surface area contributed by atoms with Crippen molar-refractivity contribution in [2.24, 2.45) is 0 Å². The van der Waals surface area contributed by atoms with Crippen LogP contribution in [-0.4, -0.2) is 23.1 Å². The molecular formula is C14H13BrMgO. The third-order valence-corrected chi connectivity index (χ3v) is 2.24. The zero-order valence-electron chi connectivity index (χ0n) is 9.82. The van der Waals surface area contributed by atoms with E-state index in [0.717, 1.165) is 11.3 Å². The van der Waals surface area contributed by atoms with Crippen molar-refractivity contribution in [2.45, 2.75) is 13.5 Å². The Hall–Kier alpha value is -0.514. The molecule has 2 rings (SSSR count). The summed E-state index contributed by atoms with van der Waals surface area (Å²) in [5.74, 6) is 0.835. The van der Waals surface area contributed by atoms with Crippen molar-refractivity contribution >= 4 is 23.1 Å². The van der Waals surface area contributed by atoms with Crippen LogP contribution in [0.25, 0.3) is 0 Å². The molecule has 0 spiro atoms. The average Bonchev–Trinajstić information content (AvgIpc) is 2.29. The van der Waals surface area contributed by atoms with Gasteiger partial charge in [-0.15, -0.1) is 11.6 Å². The first-order valence-electron chi connectivity index (χ1n) is 5.00. The van der Waals surface area contributed by atoms with Crippen molar-refractivity contribution in [2.75, 3.05) is 0 Å². The molecule has 17 heavy (non-hydrogen) atoms. The molecule has 3 heteroatoms. The summed E-state index contributed by atoms with van der Waals surface area (Å²) >= 11 is 0. The second-order valence-electron chi connectivity index (χ2n) is 3.46. The Morgan fingerprint density at radius 2 is 1.76 bits per heavy atom. The van der Waals surface area contributed by atoms with Gasteiger partial charge in [0.05, 0.1) is 0 Å². The molecule has 0 amide bonds. The largest absolute Gasteiger partial charge is 2.00 e. The molecule has 0 bridgehead atoms. The van der Waals surface area contributed by atoms with Gasteiger partial charge in [0.15, 0.2) is 0 Å². The molecule has 0 heterocycles. The molecule has 0 saturated heterocycles. The fourth-order valence-electron chi connectivity index (χ4n) is 1.39. The fourth-order valence-corrected chi connectivity index (χ4v) is 1.39. The van der Waals surface area contributed by atoms with Crippen molar-refractivity contribution in [3.05, 3.63) is 65.7 Å². The van der Waals surface area contributed by atoms with Gasteiger partial charge in [0, 0.05) is 5.75 Å². The van der Waals surface area contributed by atoms with Gasteiger partial charge < -0.3 is 21.7 Å². The Morgan fingerprint density at radius 3 is 2.41 bits per heavy atom. The van der Waals surface area contributed by atoms with Gasteiger partial charge in [0.2, 0.25) is 0 Å². The van der Waals surface area contributed by atoms with Gasteiger partial charge in [-0.3, -0.25) is 0 Å². The van der Waals surface area contributed by atoms with Crippen LogP contribution < -0.4 is 21.7 Å². The summed E-state index contributed by atoms with van der Waals surface area (Å²) < 4.78 is 5.67. The van der Waals surface area contributed by atoms with Crippen LogP contribution in [0.1, 0.15) is 11.1 Å². The molecule has 0 aliphatic carbocycles. The van der Waals surface area contributed by atoms with E-state index in [2.05, 4.69) is 18.2 Å². The number of hydrogen-bond acceptors (Lipinski definition) is 1. The van der Waals surface area contributed by atoms with Crippen LogP contribution in [0.15, 0.2) is 48.5 Å². The van der Waals surface area contributed by atoms with E-state index >= 15 is 0 Å². The third-order valence-electron chi connectivity index (χ3n) is 2.24. The molecule has 2 aromatic carbocycles. The zero-order valence-corrected chi connectivity index (χ0v) is 12.8. The van der Waals surface area contributed by atoms with Crippen molar-refractivity contribution in [3.8, 4) is 5.75 Å². The van der Waals surface area contributed by atoms with E-state index < -0.39 is 0 Å². The summed E-state index contributed by atoms with van der Waals surface area (Å²) in [4.78, 5) is 0. The predicted octanol–water partition coefficient (Wildman–Crippen LogP) is -0.00259. The van der Waals surface area contributed by atoms with Gasteiger partial charge in [-0.25, -0.2) is 0 Å². The topological polar surface area (TPSA) is 9.23 Å². The molecule has 0 unspecified atom stereocenters. The van der Waals surface area contributed by atoms with Crippen molar-refractivity contribution in [3.63, 3.8) is 0 Å². The summed E-state index contributed by atoms with van der Waals surface area (Å²) in [7, 11) is 0. The first kappa shape index (κ1) is 16.5. The number of rotatable bonds is 3. The Morgan fingerprint density at radius 1 is 1.06 bits per heavy atom.